The molecule has 356 valence electrons. The molecule has 3 aromatic rings. The Hall–Kier alpha value is -4.46. The van der Waals surface area contributed by atoms with Crippen LogP contribution < -0.4 is 9.47 Å². The molecule has 5 fully saturated rings. The average Bonchev–Trinajstić information content (AvgIpc) is 3.80. The highest BCUT2D eigenvalue weighted by molar-refractivity contribution is 5.79. The van der Waals surface area contributed by atoms with Gasteiger partial charge in [-0.15, -0.1) is 0 Å². The first kappa shape index (κ1) is 46.6. The van der Waals surface area contributed by atoms with E-state index >= 15 is 4.79 Å². The molecule has 3 aromatic carbocycles. The van der Waals surface area contributed by atoms with E-state index in [1.165, 1.54) is 0 Å². The second kappa shape index (κ2) is 17.3. The number of hydrogen-bond acceptors (Lipinski definition) is 11. The summed E-state index contributed by atoms with van der Waals surface area (Å²) in [6.07, 6.45) is -2.91. The van der Waals surface area contributed by atoms with Crippen LogP contribution in [0.1, 0.15) is 111 Å². The predicted molar refractivity (Wildman–Crippen MR) is 246 cm³/mol. The van der Waals surface area contributed by atoms with E-state index in [4.69, 9.17) is 37.9 Å². The number of benzene rings is 3. The summed E-state index contributed by atoms with van der Waals surface area (Å²) in [5.74, 6) is 0.624. The number of aliphatic hydroxyl groups is 1. The molecular weight excluding hydrogens is 839 g/mol. The van der Waals surface area contributed by atoms with Crippen LogP contribution in [0.25, 0.3) is 0 Å². The lowest BCUT2D eigenvalue weighted by Crippen LogP contribution is -2.72. The third-order valence-electron chi connectivity index (χ3n) is 16.8. The highest BCUT2D eigenvalue weighted by Gasteiger charge is 2.75. The van der Waals surface area contributed by atoms with Crippen LogP contribution in [0.4, 0.5) is 4.79 Å². The fourth-order valence-electron chi connectivity index (χ4n) is 13.9. The maximum absolute atomic E-state index is 15.1. The Balaban J connectivity index is 1.09. The molecule has 0 bridgehead atoms. The normalized spacial score (nSPS) is 37.0. The summed E-state index contributed by atoms with van der Waals surface area (Å²) in [7, 11) is 3.25. The number of ether oxygens (including phenoxy) is 8. The van der Waals surface area contributed by atoms with Gasteiger partial charge in [0, 0.05) is 46.1 Å². The van der Waals surface area contributed by atoms with E-state index in [1.54, 1.807) is 19.1 Å². The molecule has 3 heterocycles. The van der Waals surface area contributed by atoms with Gasteiger partial charge in [-0.25, -0.2) is 9.59 Å². The lowest BCUT2D eigenvalue weighted by atomic mass is 9.44. The van der Waals surface area contributed by atoms with Crippen LogP contribution in [0.5, 0.6) is 11.5 Å². The zero-order valence-corrected chi connectivity index (χ0v) is 40.4. The molecule has 3 aliphatic carbocycles. The quantitative estimate of drug-likeness (QED) is 0.146. The Morgan fingerprint density at radius 1 is 0.879 bits per heavy atom. The minimum absolute atomic E-state index is 0.00671. The molecular formula is C54H69NO11. The summed E-state index contributed by atoms with van der Waals surface area (Å²) in [5, 5.41) is 12.8. The molecule has 0 radical (unpaired) electrons. The molecule has 2 saturated carbocycles. The molecule has 6 aliphatic rings. The molecule has 1 amide bonds. The largest absolute Gasteiger partial charge is 0.497 e. The smallest absolute Gasteiger partial charge is 0.412 e. The second-order valence-corrected chi connectivity index (χ2v) is 21.3. The Kier molecular flexibility index (Phi) is 12.2. The first-order valence-corrected chi connectivity index (χ1v) is 23.9. The van der Waals surface area contributed by atoms with Crippen molar-refractivity contribution < 1.29 is 52.6 Å². The van der Waals surface area contributed by atoms with Gasteiger partial charge >= 0.3 is 12.1 Å². The van der Waals surface area contributed by atoms with E-state index in [2.05, 4.69) is 48.5 Å². The van der Waals surface area contributed by atoms with Gasteiger partial charge < -0.3 is 43.0 Å². The fraction of sp³-hybridized carbons (Fsp3) is 0.593. The number of carbonyl (C=O) groups is 2. The average molecular weight is 908 g/mol. The van der Waals surface area contributed by atoms with Crippen molar-refractivity contribution in [3.63, 3.8) is 0 Å². The molecule has 0 aromatic heterocycles. The first-order valence-electron chi connectivity index (χ1n) is 23.9. The standard InChI is InChI=1S/C54H69NO11/c1-30(2)25-39-44(65-47(35-17-21-37(59-10)22-18-35)55(39)50(57)61-28-34-15-13-12-14-16-34)48(56)63-40-27-54(51(6,7)58)33(5)45-52(8)29-62-41(52)26-42-53(45,9)46(32(4)43(54)31(40)3)66-49(64-42)36-19-23-38(60-11)24-20-36/h12-24,30,32-33,39-42,44-47,49,58H,25-29H2,1-11H3/t32-,33-,39-,40?,41+,42-,44?,45+,46-,47?,49?,52+,53+,54+/m0/s1. The van der Waals surface area contributed by atoms with Crippen LogP contribution in [-0.4, -0.2) is 85.1 Å². The monoisotopic (exact) mass is 907 g/mol. The molecule has 14 atom stereocenters. The summed E-state index contributed by atoms with van der Waals surface area (Å²) in [4.78, 5) is 31.0. The van der Waals surface area contributed by atoms with Crippen molar-refractivity contribution in [2.24, 2.45) is 39.9 Å². The van der Waals surface area contributed by atoms with Crippen LogP contribution in [0.2, 0.25) is 0 Å². The minimum atomic E-state index is -1.25. The fourth-order valence-corrected chi connectivity index (χ4v) is 13.9. The first-order chi connectivity index (χ1) is 31.4. The summed E-state index contributed by atoms with van der Waals surface area (Å²) < 4.78 is 51.2. The number of amides is 1. The van der Waals surface area contributed by atoms with Crippen molar-refractivity contribution in [2.45, 2.75) is 143 Å². The van der Waals surface area contributed by atoms with Gasteiger partial charge in [0.05, 0.1) is 50.8 Å². The molecule has 0 spiro atoms. The van der Waals surface area contributed by atoms with Gasteiger partial charge in [0.25, 0.3) is 0 Å². The molecule has 12 nitrogen and oxygen atoms in total. The van der Waals surface area contributed by atoms with Crippen LogP contribution in [-0.2, 0) is 39.8 Å². The van der Waals surface area contributed by atoms with Gasteiger partial charge in [0.2, 0.25) is 0 Å². The van der Waals surface area contributed by atoms with E-state index < -0.39 is 59.3 Å². The minimum Gasteiger partial charge on any atom is -0.497 e. The summed E-state index contributed by atoms with van der Waals surface area (Å²) in [6, 6.07) is 24.0. The topological polar surface area (TPSA) is 131 Å². The van der Waals surface area contributed by atoms with Gasteiger partial charge in [-0.3, -0.25) is 4.90 Å². The van der Waals surface area contributed by atoms with E-state index in [1.807, 2.05) is 92.7 Å². The van der Waals surface area contributed by atoms with E-state index in [0.717, 1.165) is 34.4 Å². The van der Waals surface area contributed by atoms with E-state index in [-0.39, 0.29) is 54.0 Å². The van der Waals surface area contributed by atoms with Crippen LogP contribution in [0, 0.1) is 39.9 Å². The molecule has 12 heteroatoms. The maximum Gasteiger partial charge on any atom is 0.412 e. The van der Waals surface area contributed by atoms with Crippen molar-refractivity contribution in [1.29, 1.82) is 0 Å². The Morgan fingerprint density at radius 3 is 2.09 bits per heavy atom. The maximum atomic E-state index is 15.1. The number of rotatable bonds is 11. The van der Waals surface area contributed by atoms with Gasteiger partial charge in [0.1, 0.15) is 24.2 Å². The van der Waals surface area contributed by atoms with Crippen molar-refractivity contribution >= 4 is 12.1 Å². The molecule has 1 N–H and O–H groups in total. The lowest BCUT2D eigenvalue weighted by molar-refractivity contribution is -0.381. The highest BCUT2D eigenvalue weighted by Crippen LogP contribution is 2.73. The van der Waals surface area contributed by atoms with Gasteiger partial charge in [-0.2, -0.15) is 0 Å². The third-order valence-corrected chi connectivity index (χ3v) is 16.8. The number of fused-ring (bicyclic) bond motifs is 3. The molecule has 66 heavy (non-hydrogen) atoms. The summed E-state index contributed by atoms with van der Waals surface area (Å²) in [6.45, 7) is 19.9. The zero-order chi connectivity index (χ0) is 47.1. The predicted octanol–water partition coefficient (Wildman–Crippen LogP) is 9.74. The molecule has 4 unspecified atom stereocenters. The Morgan fingerprint density at radius 2 is 1.52 bits per heavy atom. The van der Waals surface area contributed by atoms with Crippen LogP contribution in [0.3, 0.4) is 0 Å². The van der Waals surface area contributed by atoms with Crippen LogP contribution in [0.15, 0.2) is 90.0 Å². The van der Waals surface area contributed by atoms with Gasteiger partial charge in [0.15, 0.2) is 18.6 Å². The highest BCUT2D eigenvalue weighted by atomic mass is 16.7. The van der Waals surface area contributed by atoms with Gasteiger partial charge in [-0.1, -0.05) is 102 Å². The third kappa shape index (κ3) is 7.36. The Labute approximate surface area is 390 Å². The van der Waals surface area contributed by atoms with Crippen molar-refractivity contribution in [3.05, 3.63) is 107 Å². The van der Waals surface area contributed by atoms with Crippen LogP contribution >= 0.6 is 0 Å². The van der Waals surface area contributed by atoms with Crippen molar-refractivity contribution in [2.75, 3.05) is 20.8 Å². The van der Waals surface area contributed by atoms with Gasteiger partial charge in [-0.05, 0) is 80.3 Å². The van der Waals surface area contributed by atoms with Crippen molar-refractivity contribution in [1.82, 2.24) is 4.90 Å². The lowest BCUT2D eigenvalue weighted by Gasteiger charge is -2.68. The molecule has 9 rings (SSSR count). The number of nitrogens with zero attached hydrogens (tertiary/aromatic N) is 1. The number of hydrogen-bond donors (Lipinski definition) is 1. The summed E-state index contributed by atoms with van der Waals surface area (Å²) >= 11 is 0. The molecule has 3 saturated heterocycles. The van der Waals surface area contributed by atoms with E-state index in [9.17, 15) is 9.90 Å². The Bertz CT molecular complexity index is 2290. The SMILES string of the molecule is COc1ccc(C2O[C@H]3C[C@H]4OC[C@@]4(C)[C@H]4[C@H](C)[C@]5(C(C)(C)O)CC(OC(=O)C6OC(c7ccc(OC)cc7)N(C(=O)OCc7ccccc7)[C@H]6CC(C)C)C(C)=C5[C@H](C)[C@H](O2)[C@]34C)cc1. The molecule has 3 aliphatic heterocycles. The van der Waals surface area contributed by atoms with Crippen molar-refractivity contribution in [3.8, 4) is 11.5 Å². The number of methoxy groups -OCH3 is 2. The second-order valence-electron chi connectivity index (χ2n) is 21.3. The number of carbonyl (C=O) groups excluding carboxylic acids is 2. The number of esters is 1. The van der Waals surface area contributed by atoms with E-state index in [0.29, 0.717) is 30.8 Å². The zero-order valence-electron chi connectivity index (χ0n) is 40.4. The summed E-state index contributed by atoms with van der Waals surface area (Å²) in [5.41, 5.74) is 1.66.